The van der Waals surface area contributed by atoms with Crippen LogP contribution in [0.2, 0.25) is 0 Å². The number of likely N-dealkylation sites (N-methyl/N-ethyl adjacent to an activating group) is 1. The third-order valence-corrected chi connectivity index (χ3v) is 6.08. The summed E-state index contributed by atoms with van der Waals surface area (Å²) in [5, 5.41) is 3.38. The predicted octanol–water partition coefficient (Wildman–Crippen LogP) is 3.45. The van der Waals surface area contributed by atoms with Gasteiger partial charge in [0.05, 0.1) is 11.9 Å². The first-order valence-corrected chi connectivity index (χ1v) is 10.6. The number of hydrogen-bond acceptors (Lipinski definition) is 5. The second-order valence-electron chi connectivity index (χ2n) is 8.37. The molecule has 0 aliphatic carbocycles. The molecule has 6 nitrogen and oxygen atoms in total. The van der Waals surface area contributed by atoms with Gasteiger partial charge >= 0.3 is 0 Å². The Balaban J connectivity index is 1.34. The number of carbonyl (C=O) groups is 1. The summed E-state index contributed by atoms with van der Waals surface area (Å²) in [6.45, 7) is 8.26. The van der Waals surface area contributed by atoms with E-state index in [0.29, 0.717) is 11.6 Å². The molecule has 1 aromatic carbocycles. The minimum Gasteiger partial charge on any atom is -0.369 e. The molecule has 0 bridgehead atoms. The lowest BCUT2D eigenvalue weighted by Crippen LogP contribution is -2.44. The Morgan fingerprint density at radius 3 is 2.21 bits per heavy atom. The third kappa shape index (κ3) is 4.88. The van der Waals surface area contributed by atoms with Gasteiger partial charge in [0.15, 0.2) is 0 Å². The minimum atomic E-state index is 0.0416. The van der Waals surface area contributed by atoms with Gasteiger partial charge in [-0.3, -0.25) is 4.79 Å². The van der Waals surface area contributed by atoms with Crippen LogP contribution in [0, 0.1) is 5.92 Å². The summed E-state index contributed by atoms with van der Waals surface area (Å²) in [6.07, 6.45) is 3.90. The summed E-state index contributed by atoms with van der Waals surface area (Å²) in [5.74, 6) is 0.751. The molecular formula is C23H31N5O. The van der Waals surface area contributed by atoms with Crippen LogP contribution in [-0.4, -0.2) is 67.0 Å². The van der Waals surface area contributed by atoms with E-state index in [2.05, 4.69) is 58.3 Å². The van der Waals surface area contributed by atoms with Crippen LogP contribution in [0.3, 0.4) is 0 Å². The number of anilines is 3. The zero-order valence-corrected chi connectivity index (χ0v) is 17.5. The highest BCUT2D eigenvalue weighted by atomic mass is 16.2. The first-order valence-electron chi connectivity index (χ1n) is 10.6. The van der Waals surface area contributed by atoms with Crippen LogP contribution in [-0.2, 0) is 0 Å². The molecule has 1 N–H and O–H groups in total. The van der Waals surface area contributed by atoms with Gasteiger partial charge in [-0.25, -0.2) is 4.98 Å². The van der Waals surface area contributed by atoms with E-state index in [1.165, 1.54) is 5.69 Å². The van der Waals surface area contributed by atoms with Crippen LogP contribution in [0.5, 0.6) is 0 Å². The van der Waals surface area contributed by atoms with Gasteiger partial charge < -0.3 is 20.0 Å². The lowest BCUT2D eigenvalue weighted by molar-refractivity contribution is 0.0691. The van der Waals surface area contributed by atoms with Crippen molar-refractivity contribution in [1.82, 2.24) is 14.8 Å². The van der Waals surface area contributed by atoms with Crippen LogP contribution in [0.25, 0.3) is 0 Å². The Morgan fingerprint density at radius 2 is 1.59 bits per heavy atom. The van der Waals surface area contributed by atoms with E-state index < -0.39 is 0 Å². The largest absolute Gasteiger partial charge is 0.369 e. The molecule has 4 rings (SSSR count). The molecular weight excluding hydrogens is 362 g/mol. The topological polar surface area (TPSA) is 51.7 Å². The maximum absolute atomic E-state index is 12.6. The molecule has 2 fully saturated rings. The summed E-state index contributed by atoms with van der Waals surface area (Å²) in [5.41, 5.74) is 3.70. The average molecular weight is 394 g/mol. The second kappa shape index (κ2) is 8.82. The van der Waals surface area contributed by atoms with E-state index in [4.69, 9.17) is 0 Å². The van der Waals surface area contributed by atoms with Gasteiger partial charge in [0.1, 0.15) is 5.69 Å². The number of likely N-dealkylation sites (tertiary alicyclic amines) is 1. The Kier molecular flexibility index (Phi) is 6.00. The normalized spacial score (nSPS) is 18.7. The van der Waals surface area contributed by atoms with Crippen molar-refractivity contribution in [3.63, 3.8) is 0 Å². The van der Waals surface area contributed by atoms with Crippen molar-refractivity contribution in [3.05, 3.63) is 48.3 Å². The first-order chi connectivity index (χ1) is 14.1. The van der Waals surface area contributed by atoms with E-state index in [9.17, 15) is 4.79 Å². The fraction of sp³-hybridized carbons (Fsp3) is 0.478. The van der Waals surface area contributed by atoms with E-state index >= 15 is 0 Å². The molecule has 0 unspecified atom stereocenters. The molecule has 1 amide bonds. The number of amides is 1. The number of aromatic nitrogens is 1. The van der Waals surface area contributed by atoms with Crippen molar-refractivity contribution >= 4 is 23.0 Å². The van der Waals surface area contributed by atoms with Crippen LogP contribution < -0.4 is 10.2 Å². The summed E-state index contributed by atoms with van der Waals surface area (Å²) in [6, 6.07) is 12.3. The number of benzene rings is 1. The summed E-state index contributed by atoms with van der Waals surface area (Å²) in [7, 11) is 2.17. The SMILES string of the molecule is CC1CCN(C(=O)c2ccc(Nc3ccc(N4CCN(C)CC4)cc3)cn2)CC1. The van der Waals surface area contributed by atoms with Crippen LogP contribution in [0.1, 0.15) is 30.3 Å². The van der Waals surface area contributed by atoms with Crippen molar-refractivity contribution in [2.45, 2.75) is 19.8 Å². The first kappa shape index (κ1) is 19.7. The Labute approximate surface area is 173 Å². The number of nitrogens with zero attached hydrogens (tertiary/aromatic N) is 4. The third-order valence-electron chi connectivity index (χ3n) is 6.08. The van der Waals surface area contributed by atoms with Crippen molar-refractivity contribution in [2.24, 2.45) is 5.92 Å². The average Bonchev–Trinajstić information content (AvgIpc) is 2.76. The van der Waals surface area contributed by atoms with Gasteiger partial charge in [-0.2, -0.15) is 0 Å². The second-order valence-corrected chi connectivity index (χ2v) is 8.37. The predicted molar refractivity (Wildman–Crippen MR) is 118 cm³/mol. The van der Waals surface area contributed by atoms with E-state index in [-0.39, 0.29) is 5.91 Å². The van der Waals surface area contributed by atoms with Crippen LogP contribution >= 0.6 is 0 Å². The Morgan fingerprint density at radius 1 is 0.931 bits per heavy atom. The van der Waals surface area contributed by atoms with Gasteiger partial charge in [-0.1, -0.05) is 6.92 Å². The number of rotatable bonds is 4. The highest BCUT2D eigenvalue weighted by Crippen LogP contribution is 2.22. The van der Waals surface area contributed by atoms with Crippen LogP contribution in [0.4, 0.5) is 17.1 Å². The molecule has 1 aromatic heterocycles. The van der Waals surface area contributed by atoms with Crippen molar-refractivity contribution in [3.8, 4) is 0 Å². The van der Waals surface area contributed by atoms with Gasteiger partial charge in [0, 0.05) is 50.6 Å². The van der Waals surface area contributed by atoms with Gasteiger partial charge in [-0.05, 0) is 62.2 Å². The van der Waals surface area contributed by atoms with Gasteiger partial charge in [0.25, 0.3) is 5.91 Å². The maximum Gasteiger partial charge on any atom is 0.272 e. The van der Waals surface area contributed by atoms with Gasteiger partial charge in [-0.15, -0.1) is 0 Å². The van der Waals surface area contributed by atoms with E-state index in [1.54, 1.807) is 6.20 Å². The Hall–Kier alpha value is -2.60. The minimum absolute atomic E-state index is 0.0416. The molecule has 154 valence electrons. The number of piperazine rings is 1. The number of piperidine rings is 1. The molecule has 2 aliphatic rings. The molecule has 2 aromatic rings. The molecule has 0 atom stereocenters. The lowest BCUT2D eigenvalue weighted by atomic mass is 9.99. The molecule has 6 heteroatoms. The Bertz CT molecular complexity index is 804. The van der Waals surface area contributed by atoms with Gasteiger partial charge in [0.2, 0.25) is 0 Å². The number of carbonyl (C=O) groups excluding carboxylic acids is 1. The highest BCUT2D eigenvalue weighted by Gasteiger charge is 2.22. The zero-order valence-electron chi connectivity index (χ0n) is 17.5. The van der Waals surface area contributed by atoms with E-state index in [0.717, 1.165) is 63.5 Å². The maximum atomic E-state index is 12.6. The standard InChI is InChI=1S/C23H31N5O/c1-18-9-11-28(12-10-18)23(29)22-8-5-20(17-24-22)25-19-3-6-21(7-4-19)27-15-13-26(2)14-16-27/h3-8,17-18,25H,9-16H2,1-2H3. The molecule has 3 heterocycles. The lowest BCUT2D eigenvalue weighted by Gasteiger charge is -2.34. The molecule has 0 saturated carbocycles. The van der Waals surface area contributed by atoms with Crippen molar-refractivity contribution < 1.29 is 4.79 Å². The summed E-state index contributed by atoms with van der Waals surface area (Å²) < 4.78 is 0. The zero-order chi connectivity index (χ0) is 20.2. The van der Waals surface area contributed by atoms with Crippen molar-refractivity contribution in [1.29, 1.82) is 0 Å². The number of hydrogen-bond donors (Lipinski definition) is 1. The fourth-order valence-electron chi connectivity index (χ4n) is 3.95. The van der Waals surface area contributed by atoms with Crippen molar-refractivity contribution in [2.75, 3.05) is 56.5 Å². The molecule has 0 radical (unpaired) electrons. The number of nitrogens with one attached hydrogen (secondary N) is 1. The smallest absolute Gasteiger partial charge is 0.272 e. The quantitative estimate of drug-likeness (QED) is 0.862. The van der Waals surface area contributed by atoms with E-state index in [1.807, 2.05) is 17.0 Å². The molecule has 29 heavy (non-hydrogen) atoms. The number of pyridine rings is 1. The molecule has 2 saturated heterocycles. The summed E-state index contributed by atoms with van der Waals surface area (Å²) in [4.78, 5) is 23.7. The molecule has 0 spiro atoms. The summed E-state index contributed by atoms with van der Waals surface area (Å²) >= 11 is 0. The highest BCUT2D eigenvalue weighted by molar-refractivity contribution is 5.92. The molecule has 2 aliphatic heterocycles. The monoisotopic (exact) mass is 393 g/mol. The fourth-order valence-corrected chi connectivity index (χ4v) is 3.95. The van der Waals surface area contributed by atoms with Crippen LogP contribution in [0.15, 0.2) is 42.6 Å².